The lowest BCUT2D eigenvalue weighted by molar-refractivity contribution is -0.119. The van der Waals surface area contributed by atoms with Crippen LogP contribution >= 0.6 is 11.3 Å². The quantitative estimate of drug-likeness (QED) is 0.655. The highest BCUT2D eigenvalue weighted by Gasteiger charge is 2.03. The number of ether oxygens (including phenoxy) is 1. The Labute approximate surface area is 82.5 Å². The van der Waals surface area contributed by atoms with Crippen molar-refractivity contribution in [2.75, 3.05) is 13.2 Å². The summed E-state index contributed by atoms with van der Waals surface area (Å²) in [5, 5.41) is 1.99. The summed E-state index contributed by atoms with van der Waals surface area (Å²) in [5.74, 6) is 0.260. The van der Waals surface area contributed by atoms with Gasteiger partial charge in [0.05, 0.1) is 6.61 Å². The van der Waals surface area contributed by atoms with Crippen molar-refractivity contribution < 1.29 is 9.53 Å². The minimum Gasteiger partial charge on any atom is -0.381 e. The molecule has 1 heterocycles. The number of carbonyl (C=O) groups is 1. The van der Waals surface area contributed by atoms with Crippen molar-refractivity contribution in [1.82, 2.24) is 0 Å². The highest BCUT2D eigenvalue weighted by molar-refractivity contribution is 7.10. The lowest BCUT2D eigenvalue weighted by Gasteiger charge is -1.99. The van der Waals surface area contributed by atoms with E-state index >= 15 is 0 Å². The Bertz CT molecular complexity index is 241. The second kappa shape index (κ2) is 5.89. The van der Waals surface area contributed by atoms with Crippen LogP contribution in [-0.4, -0.2) is 19.0 Å². The van der Waals surface area contributed by atoms with Crippen LogP contribution < -0.4 is 0 Å². The lowest BCUT2D eigenvalue weighted by atomic mass is 10.2. The molecular formula is C10H14O2S. The maximum atomic E-state index is 11.3. The number of thiophene rings is 1. The molecule has 2 nitrogen and oxygen atoms in total. The van der Waals surface area contributed by atoms with Crippen LogP contribution in [-0.2, 0) is 16.0 Å². The van der Waals surface area contributed by atoms with E-state index in [-0.39, 0.29) is 5.78 Å². The molecule has 0 amide bonds. The van der Waals surface area contributed by atoms with Gasteiger partial charge >= 0.3 is 0 Å². The van der Waals surface area contributed by atoms with Crippen LogP contribution in [0.2, 0.25) is 0 Å². The molecule has 0 atom stereocenters. The van der Waals surface area contributed by atoms with Gasteiger partial charge in [-0.05, 0) is 18.4 Å². The number of carbonyl (C=O) groups excluding carboxylic acids is 1. The molecule has 1 aromatic rings. The molecule has 13 heavy (non-hydrogen) atoms. The molecule has 0 saturated heterocycles. The van der Waals surface area contributed by atoms with Gasteiger partial charge in [-0.3, -0.25) is 4.79 Å². The molecule has 3 heteroatoms. The van der Waals surface area contributed by atoms with E-state index in [0.717, 1.165) is 4.88 Å². The number of Topliss-reactive ketones (excluding diaryl/α,β-unsaturated/α-hetero) is 1. The summed E-state index contributed by atoms with van der Waals surface area (Å²) in [6.45, 7) is 3.18. The first-order valence-corrected chi connectivity index (χ1v) is 5.32. The molecule has 0 fully saturated rings. The van der Waals surface area contributed by atoms with Crippen molar-refractivity contribution in [3.63, 3.8) is 0 Å². The van der Waals surface area contributed by atoms with E-state index in [9.17, 15) is 4.79 Å². The summed E-state index contributed by atoms with van der Waals surface area (Å²) in [7, 11) is 0. The average molecular weight is 198 g/mol. The van der Waals surface area contributed by atoms with Gasteiger partial charge < -0.3 is 4.74 Å². The molecule has 0 radical (unpaired) electrons. The fourth-order valence-electron chi connectivity index (χ4n) is 1.03. The third-order valence-electron chi connectivity index (χ3n) is 1.68. The molecule has 1 aromatic heterocycles. The molecule has 0 saturated carbocycles. The summed E-state index contributed by atoms with van der Waals surface area (Å²) in [5.41, 5.74) is 0. The van der Waals surface area contributed by atoms with Crippen molar-refractivity contribution in [2.45, 2.75) is 19.8 Å². The van der Waals surface area contributed by atoms with Crippen molar-refractivity contribution in [3.05, 3.63) is 22.4 Å². The second-order valence-electron chi connectivity index (χ2n) is 2.74. The van der Waals surface area contributed by atoms with Crippen LogP contribution in [0.1, 0.15) is 18.2 Å². The summed E-state index contributed by atoms with van der Waals surface area (Å²) < 4.78 is 5.11. The van der Waals surface area contributed by atoms with E-state index in [1.807, 2.05) is 24.4 Å². The smallest absolute Gasteiger partial charge is 0.140 e. The average Bonchev–Trinajstić information content (AvgIpc) is 2.57. The summed E-state index contributed by atoms with van der Waals surface area (Å²) >= 11 is 1.63. The molecule has 0 N–H and O–H groups in total. The van der Waals surface area contributed by atoms with Crippen molar-refractivity contribution in [2.24, 2.45) is 0 Å². The number of rotatable bonds is 6. The molecular weight excluding hydrogens is 184 g/mol. The minimum atomic E-state index is 0.260. The summed E-state index contributed by atoms with van der Waals surface area (Å²) in [6.07, 6.45) is 1.09. The topological polar surface area (TPSA) is 26.3 Å². The molecule has 0 aliphatic rings. The lowest BCUT2D eigenvalue weighted by Crippen LogP contribution is -2.06. The van der Waals surface area contributed by atoms with Gasteiger partial charge in [0, 0.05) is 24.3 Å². The summed E-state index contributed by atoms with van der Waals surface area (Å²) in [4.78, 5) is 12.5. The summed E-state index contributed by atoms with van der Waals surface area (Å²) in [6, 6.07) is 3.96. The van der Waals surface area contributed by atoms with Gasteiger partial charge in [-0.15, -0.1) is 11.3 Å². The van der Waals surface area contributed by atoms with Gasteiger partial charge in [0.25, 0.3) is 0 Å². The highest BCUT2D eigenvalue weighted by Crippen LogP contribution is 2.10. The van der Waals surface area contributed by atoms with Crippen LogP contribution in [0.25, 0.3) is 0 Å². The fraction of sp³-hybridized carbons (Fsp3) is 0.500. The molecule has 0 bridgehead atoms. The Hall–Kier alpha value is -0.670. The van der Waals surface area contributed by atoms with E-state index in [2.05, 4.69) is 0 Å². The Balaban J connectivity index is 2.18. The zero-order chi connectivity index (χ0) is 9.52. The van der Waals surface area contributed by atoms with Crippen molar-refractivity contribution in [1.29, 1.82) is 0 Å². The Morgan fingerprint density at radius 1 is 1.62 bits per heavy atom. The maximum absolute atomic E-state index is 11.3. The zero-order valence-corrected chi connectivity index (χ0v) is 8.60. The molecule has 0 aliphatic heterocycles. The minimum absolute atomic E-state index is 0.260. The highest BCUT2D eigenvalue weighted by atomic mass is 32.1. The van der Waals surface area contributed by atoms with Crippen LogP contribution in [0, 0.1) is 0 Å². The predicted molar refractivity (Wildman–Crippen MR) is 54.1 cm³/mol. The third-order valence-corrected chi connectivity index (χ3v) is 2.56. The van der Waals surface area contributed by atoms with Crippen LogP contribution in [0.5, 0.6) is 0 Å². The van der Waals surface area contributed by atoms with E-state index in [4.69, 9.17) is 4.74 Å². The number of hydrogen-bond acceptors (Lipinski definition) is 3. The molecule has 0 aliphatic carbocycles. The number of hydrogen-bond donors (Lipinski definition) is 0. The molecule has 0 unspecified atom stereocenters. The molecule has 0 aromatic carbocycles. The van der Waals surface area contributed by atoms with Crippen LogP contribution in [0.3, 0.4) is 0 Å². The third kappa shape index (κ3) is 4.20. The van der Waals surface area contributed by atoms with E-state index in [0.29, 0.717) is 26.1 Å². The standard InChI is InChI=1S/C10H14O2S/c1-2-12-6-5-9(11)8-10-4-3-7-13-10/h3-4,7H,2,5-6,8H2,1H3. The van der Waals surface area contributed by atoms with Crippen LogP contribution in [0.15, 0.2) is 17.5 Å². The van der Waals surface area contributed by atoms with Gasteiger partial charge in [-0.2, -0.15) is 0 Å². The fourth-order valence-corrected chi connectivity index (χ4v) is 1.76. The van der Waals surface area contributed by atoms with Crippen molar-refractivity contribution >= 4 is 17.1 Å². The van der Waals surface area contributed by atoms with Gasteiger partial charge in [-0.25, -0.2) is 0 Å². The first-order valence-electron chi connectivity index (χ1n) is 4.44. The zero-order valence-electron chi connectivity index (χ0n) is 7.79. The van der Waals surface area contributed by atoms with E-state index in [1.165, 1.54) is 0 Å². The van der Waals surface area contributed by atoms with Gasteiger partial charge in [-0.1, -0.05) is 6.07 Å². The van der Waals surface area contributed by atoms with Gasteiger partial charge in [0.15, 0.2) is 0 Å². The normalized spacial score (nSPS) is 10.2. The number of ketones is 1. The van der Waals surface area contributed by atoms with Gasteiger partial charge in [0.1, 0.15) is 5.78 Å². The first kappa shape index (κ1) is 10.4. The Morgan fingerprint density at radius 3 is 3.08 bits per heavy atom. The largest absolute Gasteiger partial charge is 0.381 e. The van der Waals surface area contributed by atoms with E-state index < -0.39 is 0 Å². The monoisotopic (exact) mass is 198 g/mol. The van der Waals surface area contributed by atoms with Crippen molar-refractivity contribution in [3.8, 4) is 0 Å². The first-order chi connectivity index (χ1) is 6.33. The molecule has 1 rings (SSSR count). The van der Waals surface area contributed by atoms with E-state index in [1.54, 1.807) is 11.3 Å². The molecule has 0 spiro atoms. The predicted octanol–water partition coefficient (Wildman–Crippen LogP) is 2.29. The second-order valence-corrected chi connectivity index (χ2v) is 3.77. The maximum Gasteiger partial charge on any atom is 0.140 e. The SMILES string of the molecule is CCOCCC(=O)Cc1cccs1. The Morgan fingerprint density at radius 2 is 2.46 bits per heavy atom. The Kier molecular flexibility index (Phi) is 4.72. The van der Waals surface area contributed by atoms with Crippen LogP contribution in [0.4, 0.5) is 0 Å². The van der Waals surface area contributed by atoms with Gasteiger partial charge in [0.2, 0.25) is 0 Å². The molecule has 72 valence electrons.